The number of hydrogen-bond donors (Lipinski definition) is 1. The maximum Gasteiger partial charge on any atom is 0.0426 e. The predicted octanol–water partition coefficient (Wildman–Crippen LogP) is 8.81. The zero-order chi connectivity index (χ0) is 21.6. The molecular formula is C29H35N. The van der Waals surface area contributed by atoms with Gasteiger partial charge in [-0.05, 0) is 81.9 Å². The molecule has 2 aromatic carbocycles. The molecule has 0 saturated carbocycles. The SMILES string of the molecule is C/C=C\C=C(/C)CC/C=C\C(=C/C)c1ccc(C/C=C\C)c(Nc2ccccc2)c1. The summed E-state index contributed by atoms with van der Waals surface area (Å²) in [4.78, 5) is 0. The zero-order valence-corrected chi connectivity index (χ0v) is 18.9. The van der Waals surface area contributed by atoms with Crippen molar-refractivity contribution in [2.24, 2.45) is 0 Å². The molecule has 0 spiro atoms. The van der Waals surface area contributed by atoms with Crippen molar-refractivity contribution in [3.63, 3.8) is 0 Å². The minimum atomic E-state index is 0.921. The Hall–Kier alpha value is -3.06. The van der Waals surface area contributed by atoms with Gasteiger partial charge >= 0.3 is 0 Å². The lowest BCUT2D eigenvalue weighted by atomic mass is 9.99. The van der Waals surface area contributed by atoms with E-state index in [-0.39, 0.29) is 0 Å². The third-order valence-corrected chi connectivity index (χ3v) is 4.96. The van der Waals surface area contributed by atoms with Crippen LogP contribution in [0.25, 0.3) is 5.57 Å². The van der Waals surface area contributed by atoms with Crippen molar-refractivity contribution in [2.75, 3.05) is 5.32 Å². The van der Waals surface area contributed by atoms with Crippen LogP contribution >= 0.6 is 0 Å². The standard InChI is InChI=1S/C29H35N/c1-5-8-15-24(4)16-13-14-18-25(7-3)27-22-21-26(17-9-6-2)29(23-27)30-28-19-11-10-12-20-28/h5-12,14-15,18-23,30H,13,16-17H2,1-4H3/b8-5-,9-6-,18-14-,24-15+,25-7+. The Morgan fingerprint density at radius 1 is 0.933 bits per heavy atom. The fourth-order valence-corrected chi connectivity index (χ4v) is 3.20. The van der Waals surface area contributed by atoms with Crippen LogP contribution in [0, 0.1) is 0 Å². The van der Waals surface area contributed by atoms with E-state index in [1.54, 1.807) is 0 Å². The maximum absolute atomic E-state index is 3.60. The van der Waals surface area contributed by atoms with Crippen LogP contribution in [0.2, 0.25) is 0 Å². The molecular weight excluding hydrogens is 362 g/mol. The van der Waals surface area contributed by atoms with Gasteiger partial charge < -0.3 is 5.32 Å². The van der Waals surface area contributed by atoms with Crippen LogP contribution in [-0.4, -0.2) is 0 Å². The van der Waals surface area contributed by atoms with Gasteiger partial charge in [0.05, 0.1) is 0 Å². The molecule has 1 heteroatoms. The molecule has 0 fully saturated rings. The summed E-state index contributed by atoms with van der Waals surface area (Å²) in [6, 6.07) is 17.1. The fourth-order valence-electron chi connectivity index (χ4n) is 3.20. The second-order valence-corrected chi connectivity index (χ2v) is 7.36. The molecule has 0 aliphatic carbocycles. The average molecular weight is 398 g/mol. The van der Waals surface area contributed by atoms with Gasteiger partial charge in [-0.3, -0.25) is 0 Å². The van der Waals surface area contributed by atoms with E-state index >= 15 is 0 Å². The van der Waals surface area contributed by atoms with Gasteiger partial charge in [0.1, 0.15) is 0 Å². The minimum absolute atomic E-state index is 0.921. The van der Waals surface area contributed by atoms with E-state index in [1.165, 1.54) is 22.3 Å². The summed E-state index contributed by atoms with van der Waals surface area (Å²) >= 11 is 0. The summed E-state index contributed by atoms with van der Waals surface area (Å²) in [5.41, 5.74) is 7.45. The first-order valence-corrected chi connectivity index (χ1v) is 10.9. The third-order valence-electron chi connectivity index (χ3n) is 4.96. The lowest BCUT2D eigenvalue weighted by Gasteiger charge is -2.14. The smallest absolute Gasteiger partial charge is 0.0426 e. The van der Waals surface area contributed by atoms with E-state index in [2.05, 4.69) is 117 Å². The monoisotopic (exact) mass is 397 g/mol. The summed E-state index contributed by atoms with van der Waals surface area (Å²) in [5.74, 6) is 0. The fraction of sp³-hybridized carbons (Fsp3) is 0.241. The van der Waals surface area contributed by atoms with Crippen LogP contribution in [-0.2, 0) is 6.42 Å². The number of hydrogen-bond acceptors (Lipinski definition) is 1. The first-order chi connectivity index (χ1) is 14.7. The average Bonchev–Trinajstić information content (AvgIpc) is 2.77. The van der Waals surface area contributed by atoms with Gasteiger partial charge in [-0.2, -0.15) is 0 Å². The number of para-hydroxylation sites is 1. The highest BCUT2D eigenvalue weighted by molar-refractivity contribution is 5.78. The van der Waals surface area contributed by atoms with Crippen molar-refractivity contribution in [1.29, 1.82) is 0 Å². The van der Waals surface area contributed by atoms with Gasteiger partial charge in [-0.15, -0.1) is 0 Å². The summed E-state index contributed by atoms with van der Waals surface area (Å²) in [6.07, 6.45) is 20.4. The Morgan fingerprint density at radius 3 is 2.43 bits per heavy atom. The van der Waals surface area contributed by atoms with E-state index < -0.39 is 0 Å². The Labute approximate surface area is 183 Å². The Morgan fingerprint density at radius 2 is 1.73 bits per heavy atom. The van der Waals surface area contributed by atoms with Crippen LogP contribution in [0.5, 0.6) is 0 Å². The van der Waals surface area contributed by atoms with Crippen molar-refractivity contribution in [2.45, 2.75) is 47.0 Å². The van der Waals surface area contributed by atoms with E-state index in [0.29, 0.717) is 0 Å². The maximum atomic E-state index is 3.60. The van der Waals surface area contributed by atoms with Crippen LogP contribution in [0.15, 0.2) is 103 Å². The van der Waals surface area contributed by atoms with Crippen molar-refractivity contribution >= 4 is 16.9 Å². The van der Waals surface area contributed by atoms with Crippen molar-refractivity contribution < 1.29 is 0 Å². The quantitative estimate of drug-likeness (QED) is 0.312. The van der Waals surface area contributed by atoms with Gasteiger partial charge in [0.25, 0.3) is 0 Å². The Bertz CT molecular complexity index is 924. The van der Waals surface area contributed by atoms with E-state index in [4.69, 9.17) is 0 Å². The first-order valence-electron chi connectivity index (χ1n) is 10.9. The molecule has 0 bridgehead atoms. The molecule has 0 aliphatic rings. The molecule has 0 atom stereocenters. The van der Waals surface area contributed by atoms with Crippen molar-refractivity contribution in [3.05, 3.63) is 114 Å². The van der Waals surface area contributed by atoms with Gasteiger partial charge in [0, 0.05) is 11.4 Å². The largest absolute Gasteiger partial charge is 0.355 e. The number of rotatable bonds is 10. The van der Waals surface area contributed by atoms with Gasteiger partial charge in [0.15, 0.2) is 0 Å². The molecule has 0 radical (unpaired) electrons. The highest BCUT2D eigenvalue weighted by Crippen LogP contribution is 2.27. The second-order valence-electron chi connectivity index (χ2n) is 7.36. The van der Waals surface area contributed by atoms with Crippen LogP contribution in [0.1, 0.15) is 51.7 Å². The Kier molecular flexibility index (Phi) is 10.2. The topological polar surface area (TPSA) is 12.0 Å². The molecule has 0 unspecified atom stereocenters. The summed E-state index contributed by atoms with van der Waals surface area (Å²) < 4.78 is 0. The predicted molar refractivity (Wildman–Crippen MR) is 135 cm³/mol. The van der Waals surface area contributed by atoms with Crippen LogP contribution in [0.3, 0.4) is 0 Å². The molecule has 0 aliphatic heterocycles. The van der Waals surface area contributed by atoms with Gasteiger partial charge in [-0.1, -0.05) is 84.5 Å². The third kappa shape index (κ3) is 7.75. The second kappa shape index (κ2) is 13.2. The summed E-state index contributed by atoms with van der Waals surface area (Å²) in [6.45, 7) is 8.41. The first kappa shape index (κ1) is 23.2. The minimum Gasteiger partial charge on any atom is -0.355 e. The number of anilines is 2. The highest BCUT2D eigenvalue weighted by Gasteiger charge is 2.06. The van der Waals surface area contributed by atoms with E-state index in [9.17, 15) is 0 Å². The molecule has 0 heterocycles. The molecule has 1 nitrogen and oxygen atoms in total. The molecule has 156 valence electrons. The lowest BCUT2D eigenvalue weighted by molar-refractivity contribution is 0.978. The number of nitrogens with one attached hydrogen (secondary N) is 1. The summed E-state index contributed by atoms with van der Waals surface area (Å²) in [7, 11) is 0. The number of benzene rings is 2. The Balaban J connectivity index is 2.19. The number of allylic oxidation sites excluding steroid dienone is 10. The molecule has 30 heavy (non-hydrogen) atoms. The highest BCUT2D eigenvalue weighted by atomic mass is 14.9. The summed E-state index contributed by atoms with van der Waals surface area (Å²) in [5, 5.41) is 3.60. The normalized spacial score (nSPS) is 13.1. The van der Waals surface area contributed by atoms with Crippen LogP contribution < -0.4 is 5.32 Å². The zero-order valence-electron chi connectivity index (χ0n) is 18.9. The van der Waals surface area contributed by atoms with Gasteiger partial charge in [0.2, 0.25) is 0 Å². The van der Waals surface area contributed by atoms with E-state index in [0.717, 1.165) is 30.6 Å². The van der Waals surface area contributed by atoms with Crippen molar-refractivity contribution in [3.8, 4) is 0 Å². The molecule has 0 amide bonds. The molecule has 0 saturated heterocycles. The van der Waals surface area contributed by atoms with E-state index in [1.807, 2.05) is 13.0 Å². The lowest BCUT2D eigenvalue weighted by Crippen LogP contribution is -1.97. The molecule has 0 aromatic heterocycles. The molecule has 2 rings (SSSR count). The van der Waals surface area contributed by atoms with Crippen LogP contribution in [0.4, 0.5) is 11.4 Å². The van der Waals surface area contributed by atoms with Crippen molar-refractivity contribution in [1.82, 2.24) is 0 Å². The molecule has 1 N–H and O–H groups in total. The van der Waals surface area contributed by atoms with Gasteiger partial charge in [-0.25, -0.2) is 0 Å². The molecule has 2 aromatic rings.